The van der Waals surface area contributed by atoms with Crippen molar-refractivity contribution in [3.63, 3.8) is 0 Å². The Morgan fingerprint density at radius 2 is 0.670 bits per heavy atom. The first-order chi connectivity index (χ1) is 53.6. The van der Waals surface area contributed by atoms with Gasteiger partial charge in [-0.1, -0.05) is 318 Å². The second kappa shape index (κ2) is 30.2. The number of hydrogen-bond donors (Lipinski definition) is 1. The van der Waals surface area contributed by atoms with Gasteiger partial charge in [-0.15, -0.1) is 0 Å². The molecular weight excluding hydrogens is 1320 g/mol. The third kappa shape index (κ3) is 13.9. The first-order valence-electron chi connectivity index (χ1n) is 37.3. The average molecular weight is 1400 g/mol. The van der Waals surface area contributed by atoms with Crippen LogP contribution in [0.2, 0.25) is 0 Å². The fraction of sp³-hybridized carbons (Fsp3) is 0.0286. The van der Waals surface area contributed by atoms with Crippen molar-refractivity contribution in [2.45, 2.75) is 19.3 Å². The number of anilines is 5. The molecule has 2 heterocycles. The topological polar surface area (TPSA) is 25.1 Å². The SMILES string of the molecule is C=C(/C=c1\c(=C)n(-c2ccccc2)c2ccccc12)c1ccc2c(c1)C(C)(C)c1ccccc1-2.c1ccc(-c2ccc(N(c3ccccc3)c3ccc(-c4ccc(-n5c6ccc(-c7ccccc7)cc6c6cc(-c7ccccc7)ccc65)cc4)cc3)cc2)cc1.c1ccc(Nc2ccc(-c3ccccc3)cc2)cc1. The first kappa shape index (κ1) is 68.1. The molecule has 0 saturated carbocycles. The Morgan fingerprint density at radius 3 is 1.19 bits per heavy atom. The van der Waals surface area contributed by atoms with Crippen molar-refractivity contribution in [2.24, 2.45) is 0 Å². The summed E-state index contributed by atoms with van der Waals surface area (Å²) in [7, 11) is 0. The number of aromatic nitrogens is 2. The summed E-state index contributed by atoms with van der Waals surface area (Å²) in [5.74, 6) is 0. The van der Waals surface area contributed by atoms with Gasteiger partial charge < -0.3 is 19.4 Å². The minimum atomic E-state index is -0.0248. The standard InChI is InChI=1S/C54H38N2.C33H27N.C18H15N/c1-5-13-39(14-6-1)42-21-29-48(30-22-42)55(47-19-11-4-12-20-47)49-31-23-43(24-32-49)44-25-33-50(34-26-44)56-53-35-27-45(40-15-7-2-8-16-40)37-51(53)52-38-46(28-36-54(52)56)41-17-9-3-10-18-41;1-22(24-18-19-27-26-14-8-10-16-30(26)33(3,4)31(27)21-24)20-29-23(2)34(25-12-6-5-7-13-25)32-17-11-9-15-28(29)32;1-3-7-15(8-4-1)16-11-13-18(14-12-16)19-17-9-5-2-6-10-17/h1-38H;5-21H,1-2H2,3-4H3;1-14,19H/b;29-20+;. The second-order valence-electron chi connectivity index (χ2n) is 28.3. The maximum Gasteiger partial charge on any atom is 0.0541 e. The molecule has 1 N–H and O–H groups in total. The van der Waals surface area contributed by atoms with Gasteiger partial charge in [0.15, 0.2) is 0 Å². The molecule has 520 valence electrons. The zero-order valence-corrected chi connectivity index (χ0v) is 61.1. The largest absolute Gasteiger partial charge is 0.356 e. The molecule has 19 rings (SSSR count). The number of hydrogen-bond acceptors (Lipinski definition) is 2. The van der Waals surface area contributed by atoms with Gasteiger partial charge in [0.25, 0.3) is 0 Å². The number of nitrogens with zero attached hydrogens (tertiary/aromatic N) is 3. The van der Waals surface area contributed by atoms with E-state index in [1.54, 1.807) is 0 Å². The lowest BCUT2D eigenvalue weighted by Gasteiger charge is -2.26. The number of para-hydroxylation sites is 4. The first-order valence-corrected chi connectivity index (χ1v) is 37.3. The van der Waals surface area contributed by atoms with Crippen LogP contribution in [0.15, 0.2) is 419 Å². The smallest absolute Gasteiger partial charge is 0.0541 e. The van der Waals surface area contributed by atoms with Crippen LogP contribution in [-0.4, -0.2) is 9.13 Å². The predicted octanol–water partition coefficient (Wildman–Crippen LogP) is 26.9. The lowest BCUT2D eigenvalue weighted by molar-refractivity contribution is 0.660. The lowest BCUT2D eigenvalue weighted by Crippen LogP contribution is -2.26. The Labute approximate surface area is 638 Å². The zero-order valence-electron chi connectivity index (χ0n) is 61.1. The molecule has 0 bridgehead atoms. The summed E-state index contributed by atoms with van der Waals surface area (Å²) in [5.41, 5.74) is 31.0. The summed E-state index contributed by atoms with van der Waals surface area (Å²) in [4.78, 5) is 2.32. The van der Waals surface area contributed by atoms with Gasteiger partial charge in [0.1, 0.15) is 0 Å². The zero-order chi connectivity index (χ0) is 73.6. The van der Waals surface area contributed by atoms with Gasteiger partial charge in [0, 0.05) is 72.0 Å². The van der Waals surface area contributed by atoms with Gasteiger partial charge in [0.2, 0.25) is 0 Å². The maximum atomic E-state index is 4.48. The van der Waals surface area contributed by atoms with Crippen LogP contribution in [0.4, 0.5) is 28.4 Å². The van der Waals surface area contributed by atoms with Gasteiger partial charge in [-0.2, -0.15) is 0 Å². The van der Waals surface area contributed by atoms with Gasteiger partial charge in [0.05, 0.1) is 16.6 Å². The van der Waals surface area contributed by atoms with Crippen LogP contribution in [-0.2, 0) is 5.41 Å². The summed E-state index contributed by atoms with van der Waals surface area (Å²) in [6, 6.07) is 146. The predicted molar refractivity (Wildman–Crippen MR) is 464 cm³/mol. The molecule has 0 radical (unpaired) electrons. The Balaban J connectivity index is 0.000000137. The number of benzene rings is 16. The molecule has 0 spiro atoms. The van der Waals surface area contributed by atoms with Crippen molar-refractivity contribution >= 4 is 79.4 Å². The second-order valence-corrected chi connectivity index (χ2v) is 28.3. The van der Waals surface area contributed by atoms with E-state index in [0.717, 1.165) is 67.0 Å². The highest BCUT2D eigenvalue weighted by Crippen LogP contribution is 2.49. The molecule has 0 fully saturated rings. The molecule has 16 aromatic carbocycles. The van der Waals surface area contributed by atoms with E-state index in [-0.39, 0.29) is 5.41 Å². The van der Waals surface area contributed by atoms with Gasteiger partial charge in [-0.05, 0) is 216 Å². The lowest BCUT2D eigenvalue weighted by atomic mass is 9.81. The highest BCUT2D eigenvalue weighted by atomic mass is 15.1. The molecule has 2 aromatic heterocycles. The van der Waals surface area contributed by atoms with Crippen LogP contribution in [0.1, 0.15) is 30.5 Å². The fourth-order valence-electron chi connectivity index (χ4n) is 15.6. The summed E-state index contributed by atoms with van der Waals surface area (Å²) >= 11 is 0. The minimum absolute atomic E-state index is 0.0248. The summed E-state index contributed by atoms with van der Waals surface area (Å²) < 4.78 is 4.64. The molecule has 18 aromatic rings. The van der Waals surface area contributed by atoms with E-state index in [0.29, 0.717) is 0 Å². The Kier molecular flexibility index (Phi) is 18.9. The van der Waals surface area contributed by atoms with Crippen LogP contribution in [0.5, 0.6) is 0 Å². The normalized spacial score (nSPS) is 12.0. The Bertz CT molecular complexity index is 6250. The highest BCUT2D eigenvalue weighted by Gasteiger charge is 2.35. The summed E-state index contributed by atoms with van der Waals surface area (Å²) in [6.45, 7) is 13.6. The fourth-order valence-corrected chi connectivity index (χ4v) is 15.6. The van der Waals surface area contributed by atoms with Crippen molar-refractivity contribution in [1.29, 1.82) is 0 Å². The van der Waals surface area contributed by atoms with E-state index < -0.39 is 0 Å². The molecule has 0 aliphatic heterocycles. The number of allylic oxidation sites excluding steroid dienone is 1. The van der Waals surface area contributed by atoms with E-state index in [9.17, 15) is 0 Å². The Morgan fingerprint density at radius 1 is 0.303 bits per heavy atom. The molecular formula is C105H80N4. The van der Waals surface area contributed by atoms with Crippen LogP contribution in [0, 0.1) is 0 Å². The third-order valence-electron chi connectivity index (χ3n) is 21.2. The van der Waals surface area contributed by atoms with Crippen molar-refractivity contribution in [2.75, 3.05) is 10.2 Å². The van der Waals surface area contributed by atoms with Crippen LogP contribution in [0.3, 0.4) is 0 Å². The summed E-state index contributed by atoms with van der Waals surface area (Å²) in [5, 5.41) is 9.16. The number of fused-ring (bicyclic) bond motifs is 7. The molecule has 0 amide bonds. The van der Waals surface area contributed by atoms with E-state index in [4.69, 9.17) is 0 Å². The van der Waals surface area contributed by atoms with Gasteiger partial charge in [-0.25, -0.2) is 0 Å². The van der Waals surface area contributed by atoms with E-state index in [2.05, 4.69) is 435 Å². The molecule has 4 nitrogen and oxygen atoms in total. The van der Waals surface area contributed by atoms with Crippen molar-refractivity contribution < 1.29 is 0 Å². The van der Waals surface area contributed by atoms with Gasteiger partial charge >= 0.3 is 0 Å². The van der Waals surface area contributed by atoms with Crippen molar-refractivity contribution in [1.82, 2.24) is 9.13 Å². The van der Waals surface area contributed by atoms with Gasteiger partial charge in [-0.3, -0.25) is 0 Å². The van der Waals surface area contributed by atoms with E-state index in [1.165, 1.54) is 105 Å². The number of rotatable bonds is 14. The molecule has 0 unspecified atom stereocenters. The quantitative estimate of drug-likeness (QED) is 0.117. The molecule has 109 heavy (non-hydrogen) atoms. The molecule has 1 aliphatic rings. The number of nitrogens with one attached hydrogen (secondary N) is 1. The van der Waals surface area contributed by atoms with Crippen molar-refractivity contribution in [3.05, 3.63) is 446 Å². The minimum Gasteiger partial charge on any atom is -0.356 e. The molecule has 1 aliphatic carbocycles. The summed E-state index contributed by atoms with van der Waals surface area (Å²) in [6.07, 6.45) is 2.20. The van der Waals surface area contributed by atoms with Crippen molar-refractivity contribution in [3.8, 4) is 78.1 Å². The Hall–Kier alpha value is -14.1. The molecule has 4 heteroatoms. The van der Waals surface area contributed by atoms with Crippen LogP contribution >= 0.6 is 0 Å². The van der Waals surface area contributed by atoms with E-state index in [1.807, 2.05) is 30.3 Å². The van der Waals surface area contributed by atoms with E-state index >= 15 is 0 Å². The third-order valence-corrected chi connectivity index (χ3v) is 21.2. The monoisotopic (exact) mass is 1400 g/mol. The van der Waals surface area contributed by atoms with Crippen LogP contribution in [0.25, 0.3) is 129 Å². The molecule has 0 atom stereocenters. The average Bonchev–Trinajstić information content (AvgIpc) is 1.59. The maximum absolute atomic E-state index is 4.48. The van der Waals surface area contributed by atoms with Crippen LogP contribution < -0.4 is 20.8 Å². The highest BCUT2D eigenvalue weighted by molar-refractivity contribution is 6.12. The molecule has 0 saturated heterocycles.